The van der Waals surface area contributed by atoms with Gasteiger partial charge in [-0.25, -0.2) is 13.2 Å². The fourth-order valence-electron chi connectivity index (χ4n) is 2.14. The first-order valence-electron chi connectivity index (χ1n) is 8.11. The summed E-state index contributed by atoms with van der Waals surface area (Å²) in [4.78, 5) is 12.1. The molecular weight excluding hydrogens is 356 g/mol. The van der Waals surface area contributed by atoms with Crippen molar-refractivity contribution in [2.75, 3.05) is 13.4 Å². The number of esters is 1. The van der Waals surface area contributed by atoms with Crippen molar-refractivity contribution in [3.63, 3.8) is 0 Å². The highest BCUT2D eigenvalue weighted by Crippen LogP contribution is 2.29. The average molecular weight is 378 g/mol. The lowest BCUT2D eigenvalue weighted by molar-refractivity contribution is 0.0599. The van der Waals surface area contributed by atoms with Gasteiger partial charge in [0.2, 0.25) is 0 Å². The average Bonchev–Trinajstić information content (AvgIpc) is 2.60. The Morgan fingerprint density at radius 1 is 1.04 bits per heavy atom. The molecule has 0 fully saturated rings. The molecule has 0 saturated carbocycles. The summed E-state index contributed by atoms with van der Waals surface area (Å²) in [5, 5.41) is 0. The molecule has 0 spiro atoms. The number of benzene rings is 2. The van der Waals surface area contributed by atoms with Crippen LogP contribution in [-0.2, 0) is 14.6 Å². The van der Waals surface area contributed by atoms with Gasteiger partial charge in [-0.3, -0.25) is 0 Å². The van der Waals surface area contributed by atoms with Gasteiger partial charge >= 0.3 is 5.97 Å². The number of carbonyl (C=O) groups excluding carboxylic acids is 1. The van der Waals surface area contributed by atoms with Crippen molar-refractivity contribution in [1.29, 1.82) is 0 Å². The number of methoxy groups -OCH3 is 1. The summed E-state index contributed by atoms with van der Waals surface area (Å²) in [6, 6.07) is 10.8. The Morgan fingerprint density at radius 3 is 2.19 bits per heavy atom. The lowest BCUT2D eigenvalue weighted by Crippen LogP contribution is -2.10. The number of rotatable bonds is 7. The van der Waals surface area contributed by atoms with Gasteiger partial charge in [0.25, 0.3) is 0 Å². The summed E-state index contributed by atoms with van der Waals surface area (Å²) in [7, 11) is -1.97. The van der Waals surface area contributed by atoms with Crippen LogP contribution in [0.25, 0.3) is 0 Å². The standard InChI is InChI=1S/C19H22O6S/c1-5-13(2)24-16-10-14(19(20)23-3)11-17(12-16)25-15-6-8-18(9-7-15)26(4,21)22/h6-13H,5H2,1-4H3/t13-/m0/s1. The summed E-state index contributed by atoms with van der Waals surface area (Å²) in [5.74, 6) is 0.814. The van der Waals surface area contributed by atoms with E-state index in [0.717, 1.165) is 12.7 Å². The minimum absolute atomic E-state index is 0.0233. The minimum atomic E-state index is -3.27. The fraction of sp³-hybridized carbons (Fsp3) is 0.316. The number of hydrogen-bond acceptors (Lipinski definition) is 6. The largest absolute Gasteiger partial charge is 0.491 e. The summed E-state index contributed by atoms with van der Waals surface area (Å²) >= 11 is 0. The zero-order valence-electron chi connectivity index (χ0n) is 15.2. The van der Waals surface area contributed by atoms with Gasteiger partial charge in [-0.15, -0.1) is 0 Å². The highest BCUT2D eigenvalue weighted by Gasteiger charge is 2.13. The maximum atomic E-state index is 11.9. The fourth-order valence-corrected chi connectivity index (χ4v) is 2.77. The van der Waals surface area contributed by atoms with Crippen molar-refractivity contribution in [1.82, 2.24) is 0 Å². The van der Waals surface area contributed by atoms with Gasteiger partial charge in [0.05, 0.1) is 23.7 Å². The SMILES string of the molecule is CC[C@H](C)Oc1cc(Oc2ccc(S(C)(=O)=O)cc2)cc(C(=O)OC)c1. The Hall–Kier alpha value is -2.54. The monoisotopic (exact) mass is 378 g/mol. The van der Waals surface area contributed by atoms with Crippen LogP contribution in [0.1, 0.15) is 30.6 Å². The van der Waals surface area contributed by atoms with Gasteiger partial charge in [-0.05, 0) is 49.7 Å². The summed E-state index contributed by atoms with van der Waals surface area (Å²) in [6.07, 6.45) is 1.93. The van der Waals surface area contributed by atoms with Crippen LogP contribution in [0.3, 0.4) is 0 Å². The van der Waals surface area contributed by atoms with Crippen LogP contribution in [0.4, 0.5) is 0 Å². The molecule has 1 atom stereocenters. The van der Waals surface area contributed by atoms with Crippen LogP contribution < -0.4 is 9.47 Å². The second-order valence-corrected chi connectivity index (χ2v) is 7.88. The molecule has 0 aliphatic rings. The summed E-state index contributed by atoms with van der Waals surface area (Å²) < 4.78 is 39.3. The molecule has 0 radical (unpaired) electrons. The Morgan fingerprint density at radius 2 is 1.65 bits per heavy atom. The topological polar surface area (TPSA) is 78.9 Å². The molecule has 2 rings (SSSR count). The molecule has 0 unspecified atom stereocenters. The van der Waals surface area contributed by atoms with Crippen LogP contribution in [0.5, 0.6) is 17.2 Å². The van der Waals surface area contributed by atoms with E-state index < -0.39 is 15.8 Å². The molecule has 0 heterocycles. The van der Waals surface area contributed by atoms with Gasteiger partial charge in [0.15, 0.2) is 9.84 Å². The highest BCUT2D eigenvalue weighted by atomic mass is 32.2. The molecule has 0 amide bonds. The third-order valence-electron chi connectivity index (χ3n) is 3.70. The van der Waals surface area contributed by atoms with Gasteiger partial charge in [0, 0.05) is 12.3 Å². The molecule has 0 saturated heterocycles. The smallest absolute Gasteiger partial charge is 0.338 e. The highest BCUT2D eigenvalue weighted by molar-refractivity contribution is 7.90. The number of ether oxygens (including phenoxy) is 3. The lowest BCUT2D eigenvalue weighted by Gasteiger charge is -2.15. The molecule has 140 valence electrons. The molecule has 7 heteroatoms. The van der Waals surface area contributed by atoms with E-state index in [2.05, 4.69) is 0 Å². The summed E-state index contributed by atoms with van der Waals surface area (Å²) in [6.45, 7) is 3.92. The maximum absolute atomic E-state index is 11.9. The van der Waals surface area contributed by atoms with E-state index >= 15 is 0 Å². The van der Waals surface area contributed by atoms with Gasteiger partial charge in [-0.1, -0.05) is 6.92 Å². The first kappa shape index (κ1) is 19.8. The van der Waals surface area contributed by atoms with Crippen molar-refractivity contribution in [3.8, 4) is 17.2 Å². The second-order valence-electron chi connectivity index (χ2n) is 5.87. The molecule has 2 aromatic rings. The molecule has 0 N–H and O–H groups in total. The molecule has 0 aliphatic carbocycles. The predicted octanol–water partition coefficient (Wildman–Crippen LogP) is 3.85. The van der Waals surface area contributed by atoms with Crippen molar-refractivity contribution < 1.29 is 27.4 Å². The maximum Gasteiger partial charge on any atom is 0.338 e. The normalized spacial score (nSPS) is 12.3. The first-order valence-corrected chi connectivity index (χ1v) is 10.00. The Bertz CT molecular complexity index is 871. The zero-order chi connectivity index (χ0) is 19.3. The number of sulfone groups is 1. The molecule has 6 nitrogen and oxygen atoms in total. The predicted molar refractivity (Wildman–Crippen MR) is 97.8 cm³/mol. The van der Waals surface area contributed by atoms with Crippen molar-refractivity contribution in [2.45, 2.75) is 31.3 Å². The van der Waals surface area contributed by atoms with E-state index in [1.54, 1.807) is 30.3 Å². The van der Waals surface area contributed by atoms with E-state index in [9.17, 15) is 13.2 Å². The Kier molecular flexibility index (Phi) is 6.26. The van der Waals surface area contributed by atoms with Crippen LogP contribution in [0.15, 0.2) is 47.4 Å². The van der Waals surface area contributed by atoms with Crippen LogP contribution >= 0.6 is 0 Å². The zero-order valence-corrected chi connectivity index (χ0v) is 16.0. The molecule has 0 bridgehead atoms. The first-order chi connectivity index (χ1) is 12.2. The Balaban J connectivity index is 2.32. The third-order valence-corrected chi connectivity index (χ3v) is 4.83. The molecule has 2 aromatic carbocycles. The quantitative estimate of drug-likeness (QED) is 0.681. The third kappa shape index (κ3) is 5.23. The van der Waals surface area contributed by atoms with Gasteiger partial charge < -0.3 is 14.2 Å². The molecule has 0 aromatic heterocycles. The summed E-state index contributed by atoms with van der Waals surface area (Å²) in [5.41, 5.74) is 0.302. The Labute approximate surface area is 153 Å². The molecular formula is C19H22O6S. The molecule has 0 aliphatic heterocycles. The van der Waals surface area contributed by atoms with E-state index in [1.807, 2.05) is 13.8 Å². The number of hydrogen-bond donors (Lipinski definition) is 0. The second kappa shape index (κ2) is 8.23. The van der Waals surface area contributed by atoms with E-state index in [1.165, 1.54) is 19.2 Å². The number of carbonyl (C=O) groups is 1. The van der Waals surface area contributed by atoms with E-state index in [0.29, 0.717) is 22.8 Å². The van der Waals surface area contributed by atoms with Crippen molar-refractivity contribution in [3.05, 3.63) is 48.0 Å². The van der Waals surface area contributed by atoms with Crippen LogP contribution in [0.2, 0.25) is 0 Å². The van der Waals surface area contributed by atoms with Gasteiger partial charge in [-0.2, -0.15) is 0 Å². The minimum Gasteiger partial charge on any atom is -0.491 e. The van der Waals surface area contributed by atoms with Crippen LogP contribution in [-0.4, -0.2) is 33.9 Å². The lowest BCUT2D eigenvalue weighted by atomic mass is 10.2. The van der Waals surface area contributed by atoms with E-state index in [-0.39, 0.29) is 11.0 Å². The van der Waals surface area contributed by atoms with E-state index in [4.69, 9.17) is 14.2 Å². The van der Waals surface area contributed by atoms with Crippen LogP contribution in [0, 0.1) is 0 Å². The molecule has 26 heavy (non-hydrogen) atoms. The van der Waals surface area contributed by atoms with Gasteiger partial charge in [0.1, 0.15) is 17.2 Å². The van der Waals surface area contributed by atoms with Crippen molar-refractivity contribution >= 4 is 15.8 Å². The van der Waals surface area contributed by atoms with Crippen molar-refractivity contribution in [2.24, 2.45) is 0 Å².